The van der Waals surface area contributed by atoms with Gasteiger partial charge in [-0.25, -0.2) is 23.7 Å². The molecule has 0 saturated carbocycles. The number of anilines is 2. The van der Waals surface area contributed by atoms with E-state index in [2.05, 4.69) is 36.2 Å². The molecule has 0 aliphatic heterocycles. The van der Waals surface area contributed by atoms with Crippen LogP contribution in [0.5, 0.6) is 5.75 Å². The molecule has 8 nitrogen and oxygen atoms in total. The molecule has 0 bridgehead atoms. The van der Waals surface area contributed by atoms with Gasteiger partial charge in [0.25, 0.3) is 0 Å². The number of hydrogen-bond donors (Lipinski definition) is 1. The molecule has 44 heavy (non-hydrogen) atoms. The van der Waals surface area contributed by atoms with Crippen LogP contribution in [0, 0.1) is 17.6 Å². The van der Waals surface area contributed by atoms with Crippen LogP contribution < -0.4 is 10.1 Å². The number of hydrogen-bond acceptors (Lipinski definition) is 9. The standard InChI is InChI=1S/C31H27BrF2N4O4S2/c1-18(2)29(44(39)40)15-41-9-8-30-38-27(16-43-30)22-12-23-26(13-25(22)34)35-17-36-31(23)37-21-6-7-28(24(32)11-21)42-14-19-4-3-5-20(33)10-19/h3-7,10-13,16-18H,8-9,14-15H2,1-2H3,(H,35,36,37). The van der Waals surface area contributed by atoms with Crippen molar-refractivity contribution in [2.75, 3.05) is 18.5 Å². The van der Waals surface area contributed by atoms with Gasteiger partial charge in [0.05, 0.1) is 38.8 Å². The number of rotatable bonds is 12. The summed E-state index contributed by atoms with van der Waals surface area (Å²) in [6, 6.07) is 14.7. The van der Waals surface area contributed by atoms with Gasteiger partial charge in [0, 0.05) is 34.5 Å². The minimum Gasteiger partial charge on any atom is -0.488 e. The monoisotopic (exact) mass is 700 g/mol. The van der Waals surface area contributed by atoms with Crippen molar-refractivity contribution < 1.29 is 26.7 Å². The number of benzene rings is 3. The largest absolute Gasteiger partial charge is 0.488 e. The van der Waals surface area contributed by atoms with Crippen LogP contribution in [-0.4, -0.2) is 41.4 Å². The van der Waals surface area contributed by atoms with Crippen LogP contribution in [0.25, 0.3) is 22.2 Å². The molecule has 0 aliphatic carbocycles. The summed E-state index contributed by atoms with van der Waals surface area (Å²) in [5.74, 6) is 0.144. The molecule has 2 aromatic heterocycles. The van der Waals surface area contributed by atoms with Gasteiger partial charge in [0.2, 0.25) is 10.3 Å². The Kier molecular flexibility index (Phi) is 10.3. The molecule has 1 N–H and O–H groups in total. The minimum atomic E-state index is -2.29. The van der Waals surface area contributed by atoms with Crippen molar-refractivity contribution in [1.82, 2.24) is 15.0 Å². The van der Waals surface area contributed by atoms with E-state index in [-0.39, 0.29) is 31.6 Å². The van der Waals surface area contributed by atoms with Crippen LogP contribution in [0.3, 0.4) is 0 Å². The molecule has 0 amide bonds. The van der Waals surface area contributed by atoms with Gasteiger partial charge < -0.3 is 14.8 Å². The molecule has 5 aromatic rings. The summed E-state index contributed by atoms with van der Waals surface area (Å²) in [4.78, 5) is 13.5. The summed E-state index contributed by atoms with van der Waals surface area (Å²) in [6.45, 7) is 4.12. The van der Waals surface area contributed by atoms with E-state index in [4.69, 9.17) is 9.47 Å². The smallest absolute Gasteiger partial charge is 0.215 e. The molecular weight excluding hydrogens is 674 g/mol. The van der Waals surface area contributed by atoms with Gasteiger partial charge in [-0.15, -0.1) is 11.3 Å². The van der Waals surface area contributed by atoms with E-state index in [1.807, 2.05) is 12.1 Å². The predicted octanol–water partition coefficient (Wildman–Crippen LogP) is 7.38. The fourth-order valence-electron chi connectivity index (χ4n) is 4.28. The van der Waals surface area contributed by atoms with Crippen molar-refractivity contribution in [3.05, 3.63) is 93.0 Å². The van der Waals surface area contributed by atoms with Crippen LogP contribution >= 0.6 is 27.3 Å². The lowest BCUT2D eigenvalue weighted by atomic mass is 10.1. The van der Waals surface area contributed by atoms with Gasteiger partial charge in [0.1, 0.15) is 36.1 Å². The Bertz CT molecular complexity index is 1940. The summed E-state index contributed by atoms with van der Waals surface area (Å²) < 4.78 is 63.4. The van der Waals surface area contributed by atoms with Gasteiger partial charge in [0.15, 0.2) is 0 Å². The number of nitrogens with one attached hydrogen (secondary N) is 1. The minimum absolute atomic E-state index is 0.0301. The number of aromatic nitrogens is 3. The molecule has 0 fully saturated rings. The zero-order valence-electron chi connectivity index (χ0n) is 23.7. The molecule has 0 saturated heterocycles. The van der Waals surface area contributed by atoms with Crippen molar-refractivity contribution in [3.63, 3.8) is 0 Å². The first-order valence-corrected chi connectivity index (χ1v) is 16.3. The second kappa shape index (κ2) is 14.3. The average Bonchev–Trinajstić information content (AvgIpc) is 3.45. The third-order valence-corrected chi connectivity index (χ3v) is 9.14. The Morgan fingerprint density at radius 2 is 1.93 bits per heavy atom. The molecule has 13 heteroatoms. The number of ether oxygens (including phenoxy) is 2. The van der Waals surface area contributed by atoms with Crippen LogP contribution in [0.15, 0.2) is 70.8 Å². The lowest BCUT2D eigenvalue weighted by Gasteiger charge is -2.13. The Morgan fingerprint density at radius 3 is 2.68 bits per heavy atom. The molecule has 0 unspecified atom stereocenters. The highest BCUT2D eigenvalue weighted by Gasteiger charge is 2.15. The second-order valence-electron chi connectivity index (χ2n) is 10.0. The summed E-state index contributed by atoms with van der Waals surface area (Å²) in [5, 5.41) is 6.38. The summed E-state index contributed by atoms with van der Waals surface area (Å²) in [7, 11) is -2.29. The topological polar surface area (TPSA) is 103 Å². The fourth-order valence-corrected chi connectivity index (χ4v) is 6.12. The van der Waals surface area contributed by atoms with E-state index in [0.717, 1.165) is 5.01 Å². The van der Waals surface area contributed by atoms with E-state index < -0.39 is 16.1 Å². The van der Waals surface area contributed by atoms with Gasteiger partial charge >= 0.3 is 0 Å². The number of nitrogens with zero attached hydrogens (tertiary/aromatic N) is 3. The molecular formula is C31H27BrF2N4O4S2. The predicted molar refractivity (Wildman–Crippen MR) is 172 cm³/mol. The van der Waals surface area contributed by atoms with E-state index in [1.165, 1.54) is 35.9 Å². The molecule has 228 valence electrons. The molecule has 2 heterocycles. The third kappa shape index (κ3) is 7.83. The second-order valence-corrected chi connectivity index (χ2v) is 12.8. The van der Waals surface area contributed by atoms with Crippen molar-refractivity contribution in [2.24, 2.45) is 5.92 Å². The maximum atomic E-state index is 15.2. The highest BCUT2D eigenvalue weighted by molar-refractivity contribution is 9.10. The van der Waals surface area contributed by atoms with Crippen molar-refractivity contribution in [2.45, 2.75) is 26.9 Å². The average molecular weight is 702 g/mol. The highest BCUT2D eigenvalue weighted by atomic mass is 79.9. The summed E-state index contributed by atoms with van der Waals surface area (Å²) >= 11 is 4.90. The fraction of sp³-hybridized carbons (Fsp3) is 0.226. The zero-order valence-corrected chi connectivity index (χ0v) is 26.9. The normalized spacial score (nSPS) is 11.2. The number of thiazole rings is 1. The summed E-state index contributed by atoms with van der Waals surface area (Å²) in [5.41, 5.74) is 2.61. The molecule has 0 radical (unpaired) electrons. The first kappa shape index (κ1) is 31.6. The third-order valence-electron chi connectivity index (χ3n) is 6.59. The van der Waals surface area contributed by atoms with Gasteiger partial charge in [-0.05, 0) is 63.8 Å². The van der Waals surface area contributed by atoms with E-state index in [9.17, 15) is 12.8 Å². The van der Waals surface area contributed by atoms with E-state index in [0.29, 0.717) is 60.7 Å². The van der Waals surface area contributed by atoms with Crippen molar-refractivity contribution in [1.29, 1.82) is 0 Å². The van der Waals surface area contributed by atoms with Gasteiger partial charge in [-0.3, -0.25) is 0 Å². The maximum absolute atomic E-state index is 15.2. The Morgan fingerprint density at radius 1 is 1.09 bits per heavy atom. The lowest BCUT2D eigenvalue weighted by molar-refractivity contribution is 0.174. The van der Waals surface area contributed by atoms with E-state index in [1.54, 1.807) is 43.5 Å². The quantitative estimate of drug-likeness (QED) is 0.106. The van der Waals surface area contributed by atoms with Crippen molar-refractivity contribution in [3.8, 4) is 17.0 Å². The van der Waals surface area contributed by atoms with Crippen LogP contribution in [0.1, 0.15) is 24.4 Å². The zero-order chi connectivity index (χ0) is 31.2. The maximum Gasteiger partial charge on any atom is 0.215 e. The highest BCUT2D eigenvalue weighted by Crippen LogP contribution is 2.34. The molecule has 3 aromatic carbocycles. The lowest BCUT2D eigenvalue weighted by Crippen LogP contribution is -2.17. The number of fused-ring (bicyclic) bond motifs is 1. The Labute approximate surface area is 266 Å². The van der Waals surface area contributed by atoms with Crippen LogP contribution in [-0.2, 0) is 28.1 Å². The SMILES string of the molecule is CC(C)C(COCCc1nc(-c2cc3c(Nc4ccc(OCc5cccc(F)c5)c(Br)c4)ncnc3cc2F)cs1)=S(=O)=O. The number of halogens is 3. The Hall–Kier alpha value is -3.78. The van der Waals surface area contributed by atoms with Crippen LogP contribution in [0.2, 0.25) is 0 Å². The molecule has 0 spiro atoms. The van der Waals surface area contributed by atoms with Crippen molar-refractivity contribution >= 4 is 64.8 Å². The first-order valence-electron chi connectivity index (χ1n) is 13.5. The van der Waals surface area contributed by atoms with E-state index >= 15 is 4.39 Å². The Balaban J connectivity index is 1.30. The molecule has 5 rings (SSSR count). The molecule has 0 atom stereocenters. The molecule has 0 aliphatic rings. The first-order chi connectivity index (χ1) is 21.2. The summed E-state index contributed by atoms with van der Waals surface area (Å²) in [6.07, 6.45) is 1.82. The van der Waals surface area contributed by atoms with Crippen LogP contribution in [0.4, 0.5) is 20.3 Å². The van der Waals surface area contributed by atoms with Gasteiger partial charge in [-0.1, -0.05) is 26.0 Å². The van der Waals surface area contributed by atoms with Gasteiger partial charge in [-0.2, -0.15) is 8.42 Å².